The van der Waals surface area contributed by atoms with E-state index in [1.807, 2.05) is 12.1 Å². The molecule has 0 bridgehead atoms. The lowest BCUT2D eigenvalue weighted by Gasteiger charge is -2.28. The van der Waals surface area contributed by atoms with Gasteiger partial charge in [-0.25, -0.2) is 0 Å². The second kappa shape index (κ2) is 7.30. The van der Waals surface area contributed by atoms with E-state index in [-0.39, 0.29) is 0 Å². The summed E-state index contributed by atoms with van der Waals surface area (Å²) in [5.41, 5.74) is 4.96. The lowest BCUT2D eigenvalue weighted by Crippen LogP contribution is -2.63. The first-order valence-electron chi connectivity index (χ1n) is 8.84. The van der Waals surface area contributed by atoms with Gasteiger partial charge in [-0.15, -0.1) is 11.1 Å². The van der Waals surface area contributed by atoms with Crippen LogP contribution in [0.4, 0.5) is 0 Å². The average molecular weight is 381 g/mol. The molecule has 1 nitrogen and oxygen atoms in total. The van der Waals surface area contributed by atoms with Crippen molar-refractivity contribution >= 4 is 34.0 Å². The van der Waals surface area contributed by atoms with Crippen LogP contribution in [0.3, 0.4) is 0 Å². The fourth-order valence-electron chi connectivity index (χ4n) is 3.68. The smallest absolute Gasteiger partial charge is 0.248 e. The third-order valence-electron chi connectivity index (χ3n) is 4.71. The largest absolute Gasteiger partial charge is 0.497 e. The third kappa shape index (κ3) is 3.58. The zero-order valence-electron chi connectivity index (χ0n) is 16.1. The van der Waals surface area contributed by atoms with Crippen LogP contribution in [0.15, 0.2) is 60.7 Å². The summed E-state index contributed by atoms with van der Waals surface area (Å²) >= 11 is 7.62. The molecule has 0 spiro atoms. The van der Waals surface area contributed by atoms with Gasteiger partial charge < -0.3 is 4.74 Å². The predicted octanol–water partition coefficient (Wildman–Crippen LogP) is 4.13. The average Bonchev–Trinajstić information content (AvgIpc) is 2.59. The number of methoxy groups -OCH3 is 1. The second-order valence-electron chi connectivity index (χ2n) is 7.14. The zero-order chi connectivity index (χ0) is 18.9. The van der Waals surface area contributed by atoms with Gasteiger partial charge in [0, 0.05) is 0 Å². The Balaban J connectivity index is 2.34. The molecule has 3 heteroatoms. The second-order valence-corrected chi connectivity index (χ2v) is 11.9. The van der Waals surface area contributed by atoms with Crippen molar-refractivity contribution in [1.29, 1.82) is 0 Å². The molecule has 3 aromatic rings. The number of hydrogen-bond donors (Lipinski definition) is 0. The number of aryl methyl sites for hydroxylation is 4. The van der Waals surface area contributed by atoms with E-state index in [2.05, 4.69) is 76.2 Å². The maximum Gasteiger partial charge on any atom is 0.248 e. The van der Waals surface area contributed by atoms with Crippen LogP contribution in [-0.2, 0) is 0 Å². The molecule has 0 saturated heterocycles. The van der Waals surface area contributed by atoms with E-state index < -0.39 is 7.38 Å². The standard InChI is InChI=1S/C23H25ClOSi/c1-16-9-17(2)12-22(11-16)26(24,21-8-6-7-20(15-21)25-5)23-13-18(3)10-19(4)14-23/h6-15H,1-5H3. The van der Waals surface area contributed by atoms with Gasteiger partial charge in [0.25, 0.3) is 0 Å². The van der Waals surface area contributed by atoms with Gasteiger partial charge >= 0.3 is 0 Å². The highest BCUT2D eigenvalue weighted by molar-refractivity contribution is 7.40. The van der Waals surface area contributed by atoms with E-state index in [9.17, 15) is 0 Å². The summed E-state index contributed by atoms with van der Waals surface area (Å²) < 4.78 is 5.48. The molecule has 26 heavy (non-hydrogen) atoms. The van der Waals surface area contributed by atoms with E-state index in [4.69, 9.17) is 15.8 Å². The van der Waals surface area contributed by atoms with Crippen molar-refractivity contribution < 1.29 is 4.74 Å². The minimum absolute atomic E-state index is 0.841. The van der Waals surface area contributed by atoms with Gasteiger partial charge in [0.05, 0.1) is 7.11 Å². The fourth-order valence-corrected chi connectivity index (χ4v) is 8.07. The van der Waals surface area contributed by atoms with Crippen LogP contribution in [0.5, 0.6) is 5.75 Å². The molecule has 0 amide bonds. The monoisotopic (exact) mass is 380 g/mol. The summed E-state index contributed by atoms with van der Waals surface area (Å²) in [7, 11) is -0.960. The zero-order valence-corrected chi connectivity index (χ0v) is 17.8. The van der Waals surface area contributed by atoms with E-state index in [1.54, 1.807) is 7.11 Å². The molecule has 0 atom stereocenters. The molecule has 0 aliphatic rings. The van der Waals surface area contributed by atoms with Crippen molar-refractivity contribution in [3.8, 4) is 5.75 Å². The van der Waals surface area contributed by atoms with E-state index in [0.29, 0.717) is 0 Å². The minimum atomic E-state index is -2.66. The summed E-state index contributed by atoms with van der Waals surface area (Å²) in [5.74, 6) is 0.841. The number of hydrogen-bond acceptors (Lipinski definition) is 1. The van der Waals surface area contributed by atoms with Crippen molar-refractivity contribution in [2.24, 2.45) is 0 Å². The minimum Gasteiger partial charge on any atom is -0.497 e. The van der Waals surface area contributed by atoms with Crippen LogP contribution in [0, 0.1) is 27.7 Å². The molecule has 0 aromatic heterocycles. The highest BCUT2D eigenvalue weighted by atomic mass is 35.6. The Morgan fingerprint density at radius 1 is 0.654 bits per heavy atom. The maximum absolute atomic E-state index is 7.62. The van der Waals surface area contributed by atoms with Gasteiger partial charge in [-0.3, -0.25) is 0 Å². The van der Waals surface area contributed by atoms with E-state index >= 15 is 0 Å². The van der Waals surface area contributed by atoms with Gasteiger partial charge in [-0.05, 0) is 55.4 Å². The maximum atomic E-state index is 7.62. The Hall–Kier alpha value is -2.03. The fraction of sp³-hybridized carbons (Fsp3) is 0.217. The van der Waals surface area contributed by atoms with E-state index in [1.165, 1.54) is 32.6 Å². The van der Waals surface area contributed by atoms with Gasteiger partial charge in [0.2, 0.25) is 7.38 Å². The van der Waals surface area contributed by atoms with Gasteiger partial charge in [-0.2, -0.15) is 0 Å². The molecule has 134 valence electrons. The summed E-state index contributed by atoms with van der Waals surface area (Å²) in [6, 6.07) is 21.6. The van der Waals surface area contributed by atoms with Crippen LogP contribution >= 0.6 is 11.1 Å². The number of halogens is 1. The highest BCUT2D eigenvalue weighted by Gasteiger charge is 2.38. The Labute approximate surface area is 162 Å². The Bertz CT molecular complexity index is 857. The van der Waals surface area contributed by atoms with Gasteiger partial charge in [0.1, 0.15) is 5.75 Å². The van der Waals surface area contributed by atoms with Crippen molar-refractivity contribution in [3.05, 3.63) is 82.9 Å². The molecule has 0 N–H and O–H groups in total. The summed E-state index contributed by atoms with van der Waals surface area (Å²) in [6.45, 7) is 8.54. The van der Waals surface area contributed by atoms with E-state index in [0.717, 1.165) is 10.9 Å². The lowest BCUT2D eigenvalue weighted by atomic mass is 10.2. The van der Waals surface area contributed by atoms with Crippen molar-refractivity contribution in [3.63, 3.8) is 0 Å². The normalized spacial score (nSPS) is 11.5. The molecule has 0 aliphatic carbocycles. The molecule has 3 rings (SSSR count). The van der Waals surface area contributed by atoms with Crippen molar-refractivity contribution in [1.82, 2.24) is 0 Å². The summed E-state index contributed by atoms with van der Waals surface area (Å²) in [6.07, 6.45) is 0. The van der Waals surface area contributed by atoms with Crippen molar-refractivity contribution in [2.45, 2.75) is 27.7 Å². The highest BCUT2D eigenvalue weighted by Crippen LogP contribution is 2.18. The first kappa shape index (κ1) is 18.7. The van der Waals surface area contributed by atoms with Crippen LogP contribution in [0.1, 0.15) is 22.3 Å². The SMILES string of the molecule is COc1cccc([Si](Cl)(c2cc(C)cc(C)c2)c2cc(C)cc(C)c2)c1. The van der Waals surface area contributed by atoms with Crippen LogP contribution in [0.25, 0.3) is 0 Å². The molecule has 0 aliphatic heterocycles. The molecule has 0 fully saturated rings. The van der Waals surface area contributed by atoms with Crippen molar-refractivity contribution in [2.75, 3.05) is 7.11 Å². The topological polar surface area (TPSA) is 9.23 Å². The molecule has 0 heterocycles. The molecule has 0 radical (unpaired) electrons. The first-order chi connectivity index (χ1) is 12.3. The quantitative estimate of drug-likeness (QED) is 0.375. The molecule has 0 saturated carbocycles. The first-order valence-corrected chi connectivity index (χ1v) is 11.8. The Morgan fingerprint density at radius 2 is 1.12 bits per heavy atom. The van der Waals surface area contributed by atoms with Crippen LogP contribution in [0.2, 0.25) is 0 Å². The summed E-state index contributed by atoms with van der Waals surface area (Å²) in [4.78, 5) is 0. The summed E-state index contributed by atoms with van der Waals surface area (Å²) in [5, 5.41) is 3.58. The molecular formula is C23H25ClOSi. The Morgan fingerprint density at radius 3 is 1.54 bits per heavy atom. The lowest BCUT2D eigenvalue weighted by molar-refractivity contribution is 0.415. The predicted molar refractivity (Wildman–Crippen MR) is 115 cm³/mol. The van der Waals surface area contributed by atoms with Crippen LogP contribution < -0.4 is 20.3 Å². The number of ether oxygens (including phenoxy) is 1. The number of rotatable bonds is 4. The molecule has 3 aromatic carbocycles. The third-order valence-corrected chi connectivity index (χ3v) is 9.95. The molecule has 0 unspecified atom stereocenters. The molecular weight excluding hydrogens is 356 g/mol. The van der Waals surface area contributed by atoms with Gasteiger partial charge in [-0.1, -0.05) is 70.8 Å². The Kier molecular flexibility index (Phi) is 5.26. The van der Waals surface area contributed by atoms with Gasteiger partial charge in [0.15, 0.2) is 0 Å². The van der Waals surface area contributed by atoms with Crippen LogP contribution in [-0.4, -0.2) is 14.5 Å². The number of benzene rings is 3.